The van der Waals surface area contributed by atoms with Crippen LogP contribution in [0.2, 0.25) is 0 Å². The predicted molar refractivity (Wildman–Crippen MR) is 35.1 cm³/mol. The summed E-state index contributed by atoms with van der Waals surface area (Å²) in [7, 11) is 0. The zero-order valence-corrected chi connectivity index (χ0v) is 5.66. The topological polar surface area (TPSA) is 37.3 Å². The van der Waals surface area contributed by atoms with Gasteiger partial charge in [-0.05, 0) is 13.8 Å². The van der Waals surface area contributed by atoms with E-state index in [9.17, 15) is 4.79 Å². The molecule has 8 heavy (non-hydrogen) atoms. The van der Waals surface area contributed by atoms with Crippen LogP contribution in [0.1, 0.15) is 13.8 Å². The van der Waals surface area contributed by atoms with Gasteiger partial charge in [0.05, 0.1) is 5.92 Å². The molecule has 0 aromatic rings. The fraction of sp³-hybridized carbons (Fsp3) is 0.600. The number of carboxylic acids is 1. The second-order valence-corrected chi connectivity index (χ2v) is 2.31. The Morgan fingerprint density at radius 3 is 2.12 bits per heavy atom. The first-order chi connectivity index (χ1) is 3.55. The number of aliphatic carboxylic acids is 1. The highest BCUT2D eigenvalue weighted by Crippen LogP contribution is 1.96. The van der Waals surface area contributed by atoms with E-state index in [0.29, 0.717) is 4.86 Å². The van der Waals surface area contributed by atoms with Crippen molar-refractivity contribution in [2.45, 2.75) is 13.8 Å². The van der Waals surface area contributed by atoms with Crippen LogP contribution in [0, 0.1) is 5.92 Å². The SMILES string of the molecule is CC(=S)C(C)C(=O)O. The molecule has 0 heterocycles. The fourth-order valence-electron chi connectivity index (χ4n) is 0.174. The first-order valence-corrected chi connectivity index (χ1v) is 2.69. The van der Waals surface area contributed by atoms with Crippen LogP contribution in [0.5, 0.6) is 0 Å². The maximum atomic E-state index is 10.1. The zero-order chi connectivity index (χ0) is 6.73. The van der Waals surface area contributed by atoms with Crippen LogP contribution in [-0.2, 0) is 4.79 Å². The van der Waals surface area contributed by atoms with E-state index in [1.54, 1.807) is 13.8 Å². The summed E-state index contributed by atoms with van der Waals surface area (Å²) in [4.78, 5) is 10.6. The van der Waals surface area contributed by atoms with Crippen molar-refractivity contribution in [3.8, 4) is 0 Å². The van der Waals surface area contributed by atoms with Gasteiger partial charge in [0, 0.05) is 4.86 Å². The van der Waals surface area contributed by atoms with Crippen LogP contribution in [0.4, 0.5) is 0 Å². The second-order valence-electron chi connectivity index (χ2n) is 1.67. The summed E-state index contributed by atoms with van der Waals surface area (Å²) in [5.74, 6) is -1.33. The van der Waals surface area contributed by atoms with Crippen LogP contribution in [0.3, 0.4) is 0 Å². The van der Waals surface area contributed by atoms with Gasteiger partial charge in [0.25, 0.3) is 0 Å². The summed E-state index contributed by atoms with van der Waals surface area (Å²) < 4.78 is 0. The molecule has 1 atom stereocenters. The number of carboxylic acid groups (broad SMARTS) is 1. The van der Waals surface area contributed by atoms with Gasteiger partial charge in [-0.15, -0.1) is 0 Å². The summed E-state index contributed by atoms with van der Waals surface area (Å²) in [5, 5.41) is 8.26. The van der Waals surface area contributed by atoms with Crippen molar-refractivity contribution in [2.24, 2.45) is 5.92 Å². The molecule has 0 amide bonds. The van der Waals surface area contributed by atoms with Crippen LogP contribution in [0.15, 0.2) is 0 Å². The predicted octanol–water partition coefficient (Wildman–Crippen LogP) is 1.10. The Kier molecular flexibility index (Phi) is 2.62. The maximum Gasteiger partial charge on any atom is 0.311 e. The molecule has 0 saturated carbocycles. The van der Waals surface area contributed by atoms with Gasteiger partial charge < -0.3 is 5.11 Å². The molecule has 0 aromatic carbocycles. The molecular formula is C5H8O2S. The van der Waals surface area contributed by atoms with Crippen molar-refractivity contribution in [1.29, 1.82) is 0 Å². The number of thiocarbonyl (C=S) groups is 1. The number of hydrogen-bond donors (Lipinski definition) is 1. The van der Waals surface area contributed by atoms with Gasteiger partial charge in [-0.3, -0.25) is 4.79 Å². The average molecular weight is 132 g/mol. The number of hydrogen-bond acceptors (Lipinski definition) is 2. The van der Waals surface area contributed by atoms with Gasteiger partial charge in [-0.2, -0.15) is 0 Å². The van der Waals surface area contributed by atoms with Crippen molar-refractivity contribution in [1.82, 2.24) is 0 Å². The van der Waals surface area contributed by atoms with E-state index in [0.717, 1.165) is 0 Å². The molecule has 0 radical (unpaired) electrons. The molecule has 0 fully saturated rings. The van der Waals surface area contributed by atoms with Gasteiger partial charge in [0.2, 0.25) is 0 Å². The highest BCUT2D eigenvalue weighted by atomic mass is 32.1. The molecule has 2 nitrogen and oxygen atoms in total. The molecule has 1 unspecified atom stereocenters. The Labute approximate surface area is 53.5 Å². The van der Waals surface area contributed by atoms with Crippen molar-refractivity contribution in [3.05, 3.63) is 0 Å². The first kappa shape index (κ1) is 7.56. The zero-order valence-electron chi connectivity index (χ0n) is 4.84. The summed E-state index contributed by atoms with van der Waals surface area (Å²) in [6.07, 6.45) is 0. The Hall–Kier alpha value is -0.440. The van der Waals surface area contributed by atoms with E-state index in [1.807, 2.05) is 0 Å². The third-order valence-corrected chi connectivity index (χ3v) is 1.33. The minimum Gasteiger partial charge on any atom is -0.481 e. The molecule has 0 aliphatic heterocycles. The monoisotopic (exact) mass is 132 g/mol. The molecule has 46 valence electrons. The Bertz CT molecular complexity index is 106. The molecule has 1 N–H and O–H groups in total. The molecular weight excluding hydrogens is 124 g/mol. The lowest BCUT2D eigenvalue weighted by Gasteiger charge is -1.99. The standard InChI is InChI=1S/C5H8O2S/c1-3(4(2)8)5(6)7/h3H,1-2H3,(H,6,7). The number of rotatable bonds is 2. The lowest BCUT2D eigenvalue weighted by Crippen LogP contribution is -2.15. The van der Waals surface area contributed by atoms with Crippen LogP contribution < -0.4 is 0 Å². The smallest absolute Gasteiger partial charge is 0.311 e. The van der Waals surface area contributed by atoms with E-state index >= 15 is 0 Å². The summed E-state index contributed by atoms with van der Waals surface area (Å²) in [5.41, 5.74) is 0. The Morgan fingerprint density at radius 2 is 2.12 bits per heavy atom. The quantitative estimate of drug-likeness (QED) is 0.571. The lowest BCUT2D eigenvalue weighted by atomic mass is 10.1. The molecule has 3 heteroatoms. The van der Waals surface area contributed by atoms with E-state index in [2.05, 4.69) is 12.2 Å². The number of carbonyl (C=O) groups is 1. The third kappa shape index (κ3) is 2.02. The van der Waals surface area contributed by atoms with E-state index in [-0.39, 0.29) is 0 Å². The first-order valence-electron chi connectivity index (χ1n) is 2.29. The van der Waals surface area contributed by atoms with Crippen molar-refractivity contribution in [3.63, 3.8) is 0 Å². The van der Waals surface area contributed by atoms with Gasteiger partial charge >= 0.3 is 5.97 Å². The van der Waals surface area contributed by atoms with Crippen LogP contribution >= 0.6 is 12.2 Å². The van der Waals surface area contributed by atoms with Gasteiger partial charge in [0.15, 0.2) is 0 Å². The van der Waals surface area contributed by atoms with Gasteiger partial charge in [0.1, 0.15) is 0 Å². The van der Waals surface area contributed by atoms with Crippen LogP contribution in [0.25, 0.3) is 0 Å². The molecule has 0 saturated heterocycles. The molecule has 0 aromatic heterocycles. The highest BCUT2D eigenvalue weighted by molar-refractivity contribution is 7.80. The highest BCUT2D eigenvalue weighted by Gasteiger charge is 2.11. The van der Waals surface area contributed by atoms with Crippen molar-refractivity contribution in [2.75, 3.05) is 0 Å². The molecule has 0 rings (SSSR count). The molecule has 0 spiro atoms. The lowest BCUT2D eigenvalue weighted by molar-refractivity contribution is -0.138. The Balaban J connectivity index is 3.83. The van der Waals surface area contributed by atoms with E-state index in [4.69, 9.17) is 5.11 Å². The minimum atomic E-state index is -0.850. The van der Waals surface area contributed by atoms with Gasteiger partial charge in [-0.25, -0.2) is 0 Å². The van der Waals surface area contributed by atoms with E-state index < -0.39 is 11.9 Å². The second kappa shape index (κ2) is 2.77. The molecule has 0 aliphatic rings. The Morgan fingerprint density at radius 1 is 1.75 bits per heavy atom. The summed E-state index contributed by atoms with van der Waals surface area (Å²) >= 11 is 4.61. The third-order valence-electron chi connectivity index (χ3n) is 0.980. The average Bonchev–Trinajstić information content (AvgIpc) is 1.64. The van der Waals surface area contributed by atoms with Crippen LogP contribution in [-0.4, -0.2) is 15.9 Å². The fourth-order valence-corrected chi connectivity index (χ4v) is 0.275. The maximum absolute atomic E-state index is 10.1. The molecule has 0 aliphatic carbocycles. The minimum absolute atomic E-state index is 0.481. The largest absolute Gasteiger partial charge is 0.481 e. The van der Waals surface area contributed by atoms with Gasteiger partial charge in [-0.1, -0.05) is 12.2 Å². The van der Waals surface area contributed by atoms with E-state index in [1.165, 1.54) is 0 Å². The summed E-state index contributed by atoms with van der Waals surface area (Å²) in [6, 6.07) is 0. The molecule has 0 bridgehead atoms. The van der Waals surface area contributed by atoms with Crippen molar-refractivity contribution < 1.29 is 9.90 Å². The van der Waals surface area contributed by atoms with Crippen molar-refractivity contribution >= 4 is 23.1 Å². The summed E-state index contributed by atoms with van der Waals surface area (Å²) in [6.45, 7) is 3.21. The normalized spacial score (nSPS) is 12.8.